The van der Waals surface area contributed by atoms with Crippen LogP contribution in [0.1, 0.15) is 40.5 Å². The van der Waals surface area contributed by atoms with E-state index >= 15 is 0 Å². The lowest BCUT2D eigenvalue weighted by Crippen LogP contribution is -2.60. The van der Waals surface area contributed by atoms with E-state index < -0.39 is 11.6 Å². The Balaban J connectivity index is 1.41. The van der Waals surface area contributed by atoms with Crippen LogP contribution in [0.25, 0.3) is 21.8 Å². The van der Waals surface area contributed by atoms with E-state index in [2.05, 4.69) is 29.1 Å². The standard InChI is InChI=1S/C26H32ClN5O3/c1-15-5-6-16(2)32(15)23(33)12-31-14-26(3,4)35-13-22(31)25(34)30-20-10-17(27)9-19-18-7-8-28-11-21(18)29-24(19)20/h7-11,15-16,22,29H,5-6,12-14H2,1-4H3,(H,30,34)/t15-,16-,22?/m1/s1. The van der Waals surface area contributed by atoms with Gasteiger partial charge in [-0.2, -0.15) is 0 Å². The number of H-pyrrole nitrogens is 1. The molecule has 2 fully saturated rings. The highest BCUT2D eigenvalue weighted by Gasteiger charge is 2.40. The summed E-state index contributed by atoms with van der Waals surface area (Å²) in [6.45, 7) is 9.03. The van der Waals surface area contributed by atoms with Crippen molar-refractivity contribution < 1.29 is 14.3 Å². The summed E-state index contributed by atoms with van der Waals surface area (Å²) < 4.78 is 6.01. The first-order valence-electron chi connectivity index (χ1n) is 12.2. The maximum absolute atomic E-state index is 13.6. The Kier molecular flexibility index (Phi) is 6.23. The first-order valence-corrected chi connectivity index (χ1v) is 12.6. The molecule has 1 aromatic carbocycles. The van der Waals surface area contributed by atoms with Gasteiger partial charge in [0.2, 0.25) is 11.8 Å². The Labute approximate surface area is 209 Å². The Morgan fingerprint density at radius 3 is 2.71 bits per heavy atom. The first kappa shape index (κ1) is 24.0. The van der Waals surface area contributed by atoms with Gasteiger partial charge in [-0.25, -0.2) is 0 Å². The zero-order valence-electron chi connectivity index (χ0n) is 20.6. The number of amides is 2. The van der Waals surface area contributed by atoms with Crippen LogP contribution in [0.3, 0.4) is 0 Å². The van der Waals surface area contributed by atoms with Crippen molar-refractivity contribution in [2.75, 3.05) is 25.0 Å². The molecule has 0 aliphatic carbocycles. The summed E-state index contributed by atoms with van der Waals surface area (Å²) in [5.41, 5.74) is 1.79. The molecule has 2 aromatic heterocycles. The summed E-state index contributed by atoms with van der Waals surface area (Å²) in [5.74, 6) is -0.164. The Hall–Kier alpha value is -2.68. The number of nitrogens with one attached hydrogen (secondary N) is 2. The van der Waals surface area contributed by atoms with Gasteiger partial charge in [-0.15, -0.1) is 0 Å². The molecule has 4 heterocycles. The molecule has 2 saturated heterocycles. The molecular weight excluding hydrogens is 466 g/mol. The number of likely N-dealkylation sites (tertiary alicyclic amines) is 1. The third-order valence-corrected chi connectivity index (χ3v) is 7.49. The highest BCUT2D eigenvalue weighted by molar-refractivity contribution is 6.33. The molecule has 2 aliphatic heterocycles. The molecule has 8 nitrogen and oxygen atoms in total. The third-order valence-electron chi connectivity index (χ3n) is 7.27. The van der Waals surface area contributed by atoms with Crippen LogP contribution < -0.4 is 5.32 Å². The highest BCUT2D eigenvalue weighted by atomic mass is 35.5. The minimum absolute atomic E-state index is 0.0614. The highest BCUT2D eigenvalue weighted by Crippen LogP contribution is 2.34. The van der Waals surface area contributed by atoms with Crippen molar-refractivity contribution in [1.29, 1.82) is 0 Å². The van der Waals surface area contributed by atoms with Crippen molar-refractivity contribution in [3.8, 4) is 0 Å². The normalized spacial score (nSPS) is 24.8. The zero-order chi connectivity index (χ0) is 24.9. The Morgan fingerprint density at radius 2 is 1.97 bits per heavy atom. The van der Waals surface area contributed by atoms with E-state index in [1.807, 2.05) is 35.8 Å². The topological polar surface area (TPSA) is 90.6 Å². The predicted molar refractivity (Wildman–Crippen MR) is 138 cm³/mol. The van der Waals surface area contributed by atoms with Gasteiger partial charge < -0.3 is 19.9 Å². The molecule has 0 saturated carbocycles. The summed E-state index contributed by atoms with van der Waals surface area (Å²) in [5, 5.41) is 5.47. The lowest BCUT2D eigenvalue weighted by Gasteiger charge is -2.43. The maximum Gasteiger partial charge on any atom is 0.244 e. The van der Waals surface area contributed by atoms with Crippen LogP contribution in [-0.2, 0) is 14.3 Å². The van der Waals surface area contributed by atoms with Crippen molar-refractivity contribution in [3.05, 3.63) is 35.6 Å². The monoisotopic (exact) mass is 497 g/mol. The smallest absolute Gasteiger partial charge is 0.244 e. The molecule has 2 amide bonds. The number of hydrogen-bond acceptors (Lipinski definition) is 5. The molecule has 3 aromatic rings. The second-order valence-electron chi connectivity index (χ2n) is 10.5. The first-order chi connectivity index (χ1) is 16.6. The fraction of sp³-hybridized carbons (Fsp3) is 0.500. The maximum atomic E-state index is 13.6. The number of ether oxygens (including phenoxy) is 1. The van der Waals surface area contributed by atoms with Crippen LogP contribution >= 0.6 is 11.6 Å². The molecule has 1 unspecified atom stereocenters. The van der Waals surface area contributed by atoms with Crippen LogP contribution in [0.5, 0.6) is 0 Å². The van der Waals surface area contributed by atoms with Crippen molar-refractivity contribution in [3.63, 3.8) is 0 Å². The SMILES string of the molecule is C[C@@H]1CC[C@@H](C)N1C(=O)CN1CC(C)(C)OCC1C(=O)Nc1cc(Cl)cc2c1[nH]c1cnccc12. The number of rotatable bonds is 4. The second-order valence-corrected chi connectivity index (χ2v) is 10.9. The quantitative estimate of drug-likeness (QED) is 0.564. The van der Waals surface area contributed by atoms with E-state index in [0.717, 1.165) is 34.6 Å². The van der Waals surface area contributed by atoms with Crippen LogP contribution in [-0.4, -0.2) is 75.0 Å². The molecule has 0 bridgehead atoms. The number of carbonyl (C=O) groups is 2. The van der Waals surface area contributed by atoms with Crippen molar-refractivity contribution in [1.82, 2.24) is 19.8 Å². The number of morpholine rings is 1. The van der Waals surface area contributed by atoms with E-state index in [4.69, 9.17) is 16.3 Å². The number of hydrogen-bond donors (Lipinski definition) is 2. The van der Waals surface area contributed by atoms with Gasteiger partial charge in [0.25, 0.3) is 0 Å². The summed E-state index contributed by atoms with van der Waals surface area (Å²) in [7, 11) is 0. The largest absolute Gasteiger partial charge is 0.372 e. The van der Waals surface area contributed by atoms with Gasteiger partial charge in [0.05, 0.1) is 41.7 Å². The fourth-order valence-corrected chi connectivity index (χ4v) is 5.75. The average molecular weight is 498 g/mol. The van der Waals surface area contributed by atoms with Gasteiger partial charge in [-0.3, -0.25) is 19.5 Å². The molecule has 35 heavy (non-hydrogen) atoms. The van der Waals surface area contributed by atoms with Crippen LogP contribution in [0.15, 0.2) is 30.6 Å². The van der Waals surface area contributed by atoms with E-state index in [9.17, 15) is 9.59 Å². The van der Waals surface area contributed by atoms with Crippen LogP contribution in [0.2, 0.25) is 5.02 Å². The van der Waals surface area contributed by atoms with E-state index in [1.54, 1.807) is 18.5 Å². The van der Waals surface area contributed by atoms with Gasteiger partial charge in [-0.05, 0) is 58.7 Å². The third kappa shape index (κ3) is 4.62. The summed E-state index contributed by atoms with van der Waals surface area (Å²) >= 11 is 6.42. The number of benzene rings is 1. The number of carbonyl (C=O) groups excluding carboxylic acids is 2. The van der Waals surface area contributed by atoms with Gasteiger partial charge in [0, 0.05) is 40.6 Å². The van der Waals surface area contributed by atoms with E-state index in [0.29, 0.717) is 17.3 Å². The fourth-order valence-electron chi connectivity index (χ4n) is 5.54. The van der Waals surface area contributed by atoms with Gasteiger partial charge in [0.15, 0.2) is 0 Å². The molecule has 2 N–H and O–H groups in total. The Bertz CT molecular complexity index is 1280. The molecule has 9 heteroatoms. The molecule has 0 spiro atoms. The second kappa shape index (κ2) is 9.08. The van der Waals surface area contributed by atoms with E-state index in [1.165, 1.54) is 0 Å². The van der Waals surface area contributed by atoms with Crippen molar-refractivity contribution in [2.24, 2.45) is 0 Å². The van der Waals surface area contributed by atoms with Gasteiger partial charge >= 0.3 is 0 Å². The van der Waals surface area contributed by atoms with Gasteiger partial charge in [0.1, 0.15) is 6.04 Å². The zero-order valence-corrected chi connectivity index (χ0v) is 21.4. The molecular formula is C26H32ClN5O3. The molecule has 2 aliphatic rings. The van der Waals surface area contributed by atoms with E-state index in [-0.39, 0.29) is 37.0 Å². The van der Waals surface area contributed by atoms with Gasteiger partial charge in [-0.1, -0.05) is 11.6 Å². The Morgan fingerprint density at radius 1 is 1.23 bits per heavy atom. The number of pyridine rings is 1. The minimum atomic E-state index is -0.597. The molecule has 5 rings (SSSR count). The number of nitrogens with zero attached hydrogens (tertiary/aromatic N) is 3. The number of aromatic nitrogens is 2. The molecule has 186 valence electrons. The molecule has 0 radical (unpaired) electrons. The lowest BCUT2D eigenvalue weighted by molar-refractivity contribution is -0.151. The average Bonchev–Trinajstić information content (AvgIpc) is 3.32. The van der Waals surface area contributed by atoms with Crippen molar-refractivity contribution in [2.45, 2.75) is 64.3 Å². The summed E-state index contributed by atoms with van der Waals surface area (Å²) in [6.07, 6.45) is 5.50. The van der Waals surface area contributed by atoms with Crippen LogP contribution in [0.4, 0.5) is 5.69 Å². The number of fused-ring (bicyclic) bond motifs is 3. The number of anilines is 1. The lowest BCUT2D eigenvalue weighted by atomic mass is 10.0. The summed E-state index contributed by atoms with van der Waals surface area (Å²) in [6, 6.07) is 5.37. The number of aromatic amines is 1. The number of halogens is 1. The molecule has 3 atom stereocenters. The van der Waals surface area contributed by atoms with Crippen molar-refractivity contribution >= 4 is 50.9 Å². The minimum Gasteiger partial charge on any atom is -0.372 e. The van der Waals surface area contributed by atoms with Crippen LogP contribution in [0, 0.1) is 0 Å². The predicted octanol–water partition coefficient (Wildman–Crippen LogP) is 4.19. The summed E-state index contributed by atoms with van der Waals surface area (Å²) in [4.78, 5) is 38.3.